The van der Waals surface area contributed by atoms with Crippen LogP contribution >= 0.6 is 23.6 Å². The van der Waals surface area contributed by atoms with Gasteiger partial charge < -0.3 is 11.1 Å². The van der Waals surface area contributed by atoms with Gasteiger partial charge >= 0.3 is 0 Å². The molecule has 1 aromatic heterocycles. The molecule has 0 saturated carbocycles. The first-order valence-corrected chi connectivity index (χ1v) is 7.15. The van der Waals surface area contributed by atoms with Gasteiger partial charge in [-0.15, -0.1) is 11.3 Å². The van der Waals surface area contributed by atoms with E-state index in [1.807, 2.05) is 20.8 Å². The molecule has 1 amide bonds. The van der Waals surface area contributed by atoms with Gasteiger partial charge in [0.05, 0.1) is 16.1 Å². The Morgan fingerprint density at radius 1 is 1.56 bits per heavy atom. The molecule has 0 fully saturated rings. The van der Waals surface area contributed by atoms with Crippen LogP contribution in [0.1, 0.15) is 37.8 Å². The van der Waals surface area contributed by atoms with Crippen LogP contribution in [0.2, 0.25) is 0 Å². The highest BCUT2D eigenvalue weighted by Gasteiger charge is 2.35. The van der Waals surface area contributed by atoms with E-state index in [4.69, 9.17) is 18.0 Å². The summed E-state index contributed by atoms with van der Waals surface area (Å²) in [6.45, 7) is 7.69. The highest BCUT2D eigenvalue weighted by atomic mass is 32.1. The SMILES string of the molecule is CCc1nc(NC(=O)C(C)(CC)C(N)=S)sc1C. The molecule has 100 valence electrons. The lowest BCUT2D eigenvalue weighted by Crippen LogP contribution is -2.43. The van der Waals surface area contributed by atoms with Crippen molar-refractivity contribution >= 4 is 39.6 Å². The Bertz CT molecular complexity index is 470. The first kappa shape index (κ1) is 15.0. The van der Waals surface area contributed by atoms with Gasteiger partial charge in [-0.1, -0.05) is 26.1 Å². The van der Waals surface area contributed by atoms with Crippen LogP contribution in [0.25, 0.3) is 0 Å². The molecule has 3 N–H and O–H groups in total. The Morgan fingerprint density at radius 2 is 2.17 bits per heavy atom. The molecule has 0 saturated heterocycles. The van der Waals surface area contributed by atoms with Crippen molar-refractivity contribution in [3.05, 3.63) is 10.6 Å². The molecule has 1 atom stereocenters. The fourth-order valence-corrected chi connectivity index (χ4v) is 2.63. The second kappa shape index (κ2) is 5.75. The molecule has 0 spiro atoms. The topological polar surface area (TPSA) is 68.0 Å². The van der Waals surface area contributed by atoms with Crippen LogP contribution in [-0.4, -0.2) is 15.9 Å². The van der Waals surface area contributed by atoms with Crippen LogP contribution < -0.4 is 11.1 Å². The first-order valence-electron chi connectivity index (χ1n) is 5.92. The Balaban J connectivity index is 2.90. The van der Waals surface area contributed by atoms with Gasteiger partial charge in [-0.3, -0.25) is 4.79 Å². The average Bonchev–Trinajstić information content (AvgIpc) is 2.67. The number of nitrogens with two attached hydrogens (primary N) is 1. The third kappa shape index (κ3) is 2.87. The normalized spacial score (nSPS) is 14.0. The fraction of sp³-hybridized carbons (Fsp3) is 0.583. The first-order chi connectivity index (χ1) is 8.35. The summed E-state index contributed by atoms with van der Waals surface area (Å²) < 4.78 is 0. The quantitative estimate of drug-likeness (QED) is 0.816. The van der Waals surface area contributed by atoms with Crippen molar-refractivity contribution in [2.24, 2.45) is 11.1 Å². The number of anilines is 1. The third-order valence-electron chi connectivity index (χ3n) is 3.20. The van der Waals surface area contributed by atoms with E-state index in [1.54, 1.807) is 6.92 Å². The van der Waals surface area contributed by atoms with E-state index in [-0.39, 0.29) is 10.9 Å². The summed E-state index contributed by atoms with van der Waals surface area (Å²) in [6.07, 6.45) is 1.43. The monoisotopic (exact) mass is 285 g/mol. The van der Waals surface area contributed by atoms with E-state index >= 15 is 0 Å². The van der Waals surface area contributed by atoms with Gasteiger partial charge in [0, 0.05) is 4.88 Å². The summed E-state index contributed by atoms with van der Waals surface area (Å²) in [5.41, 5.74) is 5.85. The van der Waals surface area contributed by atoms with E-state index in [9.17, 15) is 4.79 Å². The Morgan fingerprint density at radius 3 is 2.56 bits per heavy atom. The van der Waals surface area contributed by atoms with Crippen LogP contribution in [0.15, 0.2) is 0 Å². The van der Waals surface area contributed by atoms with Crippen molar-refractivity contribution in [2.75, 3.05) is 5.32 Å². The predicted molar refractivity (Wildman–Crippen MR) is 80.0 cm³/mol. The Labute approximate surface area is 117 Å². The van der Waals surface area contributed by atoms with E-state index in [0.717, 1.165) is 17.0 Å². The molecule has 4 nitrogen and oxygen atoms in total. The summed E-state index contributed by atoms with van der Waals surface area (Å²) in [5.74, 6) is -0.186. The summed E-state index contributed by atoms with van der Waals surface area (Å²) in [6, 6.07) is 0. The summed E-state index contributed by atoms with van der Waals surface area (Å²) in [5, 5.41) is 3.43. The van der Waals surface area contributed by atoms with Crippen molar-refractivity contribution in [3.63, 3.8) is 0 Å². The minimum Gasteiger partial charge on any atom is -0.392 e. The standard InChI is InChI=1S/C12H19N3OS2/c1-5-8-7(3)18-11(14-8)15-10(16)12(4,6-2)9(13)17/h5-6H2,1-4H3,(H2,13,17)(H,14,15,16). The average molecular weight is 285 g/mol. The lowest BCUT2D eigenvalue weighted by molar-refractivity contribution is -0.121. The van der Waals surface area contributed by atoms with Crippen molar-refractivity contribution in [3.8, 4) is 0 Å². The number of hydrogen-bond donors (Lipinski definition) is 2. The molecule has 1 unspecified atom stereocenters. The molecule has 0 aromatic carbocycles. The van der Waals surface area contributed by atoms with Gasteiger partial charge in [0.25, 0.3) is 0 Å². The third-order valence-corrected chi connectivity index (χ3v) is 4.58. The molecule has 0 aliphatic rings. The number of aryl methyl sites for hydroxylation is 2. The van der Waals surface area contributed by atoms with Gasteiger partial charge in [0.1, 0.15) is 0 Å². The van der Waals surface area contributed by atoms with Crippen LogP contribution in [-0.2, 0) is 11.2 Å². The molecule has 0 bridgehead atoms. The number of thiocarbonyl (C=S) groups is 1. The largest absolute Gasteiger partial charge is 0.392 e. The second-order valence-electron chi connectivity index (χ2n) is 4.38. The van der Waals surface area contributed by atoms with Gasteiger partial charge in [-0.05, 0) is 26.7 Å². The van der Waals surface area contributed by atoms with Crippen LogP contribution in [0, 0.1) is 12.3 Å². The summed E-state index contributed by atoms with van der Waals surface area (Å²) >= 11 is 6.45. The van der Waals surface area contributed by atoms with Crippen molar-refractivity contribution in [2.45, 2.75) is 40.5 Å². The maximum atomic E-state index is 12.2. The van der Waals surface area contributed by atoms with E-state index in [1.165, 1.54) is 11.3 Å². The van der Waals surface area contributed by atoms with Gasteiger partial charge in [-0.25, -0.2) is 4.98 Å². The Kier molecular flexibility index (Phi) is 4.81. The number of carbonyl (C=O) groups excluding carboxylic acids is 1. The number of nitrogens with zero attached hydrogens (tertiary/aromatic N) is 1. The molecule has 18 heavy (non-hydrogen) atoms. The van der Waals surface area contributed by atoms with Gasteiger partial charge in [0.2, 0.25) is 5.91 Å². The molecule has 0 aliphatic heterocycles. The van der Waals surface area contributed by atoms with Crippen LogP contribution in [0.4, 0.5) is 5.13 Å². The van der Waals surface area contributed by atoms with Crippen molar-refractivity contribution in [1.29, 1.82) is 0 Å². The number of amides is 1. The highest BCUT2D eigenvalue weighted by molar-refractivity contribution is 7.80. The minimum atomic E-state index is -0.818. The molecule has 0 aliphatic carbocycles. The van der Waals surface area contributed by atoms with Crippen molar-refractivity contribution < 1.29 is 4.79 Å². The fourth-order valence-electron chi connectivity index (χ4n) is 1.49. The molecule has 1 heterocycles. The second-order valence-corrected chi connectivity index (χ2v) is 6.02. The van der Waals surface area contributed by atoms with Crippen LogP contribution in [0.5, 0.6) is 0 Å². The van der Waals surface area contributed by atoms with E-state index in [0.29, 0.717) is 11.6 Å². The predicted octanol–water partition coefficient (Wildman–Crippen LogP) is 2.65. The van der Waals surface area contributed by atoms with Gasteiger partial charge in [-0.2, -0.15) is 0 Å². The number of nitrogens with one attached hydrogen (secondary N) is 1. The Hall–Kier alpha value is -1.01. The zero-order chi connectivity index (χ0) is 13.9. The molecular weight excluding hydrogens is 266 g/mol. The van der Waals surface area contributed by atoms with Crippen LogP contribution in [0.3, 0.4) is 0 Å². The minimum absolute atomic E-state index is 0.186. The maximum Gasteiger partial charge on any atom is 0.238 e. The number of rotatable bonds is 5. The molecule has 1 aromatic rings. The highest BCUT2D eigenvalue weighted by Crippen LogP contribution is 2.27. The molecule has 6 heteroatoms. The smallest absolute Gasteiger partial charge is 0.238 e. The van der Waals surface area contributed by atoms with E-state index < -0.39 is 5.41 Å². The number of aromatic nitrogens is 1. The number of thiazole rings is 1. The zero-order valence-electron chi connectivity index (χ0n) is 11.2. The molecular formula is C12H19N3OS2. The van der Waals surface area contributed by atoms with Crippen molar-refractivity contribution in [1.82, 2.24) is 4.98 Å². The molecule has 1 rings (SSSR count). The zero-order valence-corrected chi connectivity index (χ0v) is 12.8. The maximum absolute atomic E-state index is 12.2. The number of hydrogen-bond acceptors (Lipinski definition) is 4. The molecule has 0 radical (unpaired) electrons. The number of carbonyl (C=O) groups is 1. The lowest BCUT2D eigenvalue weighted by atomic mass is 9.86. The lowest BCUT2D eigenvalue weighted by Gasteiger charge is -2.24. The summed E-state index contributed by atoms with van der Waals surface area (Å²) in [4.78, 5) is 17.9. The van der Waals surface area contributed by atoms with E-state index in [2.05, 4.69) is 10.3 Å². The van der Waals surface area contributed by atoms with Gasteiger partial charge in [0.15, 0.2) is 5.13 Å². The summed E-state index contributed by atoms with van der Waals surface area (Å²) in [7, 11) is 0.